The van der Waals surface area contributed by atoms with Gasteiger partial charge < -0.3 is 14.6 Å². The molecule has 0 amide bonds. The Morgan fingerprint density at radius 2 is 1.94 bits per heavy atom. The molecule has 0 aromatic carbocycles. The molecule has 1 N–H and O–H groups in total. The van der Waals surface area contributed by atoms with Crippen molar-refractivity contribution in [1.29, 1.82) is 0 Å². The maximum Gasteiger partial charge on any atom is 0.574 e. The van der Waals surface area contributed by atoms with Crippen LogP contribution in [-0.4, -0.2) is 23.6 Å². The van der Waals surface area contributed by atoms with Crippen molar-refractivity contribution in [2.24, 2.45) is 0 Å². The van der Waals surface area contributed by atoms with Gasteiger partial charge in [-0.05, 0) is 0 Å². The van der Waals surface area contributed by atoms with Crippen LogP contribution in [0.3, 0.4) is 0 Å². The first kappa shape index (κ1) is 13.3. The van der Waals surface area contributed by atoms with Crippen LogP contribution in [0, 0.1) is 0 Å². The Hall–Kier alpha value is -1.80. The van der Waals surface area contributed by atoms with E-state index in [1.165, 1.54) is 0 Å². The van der Waals surface area contributed by atoms with E-state index < -0.39 is 35.7 Å². The average Bonchev–Trinajstić information content (AvgIpc) is 2.18. The largest absolute Gasteiger partial charge is 0.574 e. The highest BCUT2D eigenvalue weighted by Crippen LogP contribution is 2.41. The van der Waals surface area contributed by atoms with E-state index in [0.717, 1.165) is 7.11 Å². The molecule has 0 fully saturated rings. The predicted molar refractivity (Wildman–Crippen MR) is 44.1 cm³/mol. The number of ether oxygens (including phenoxy) is 2. The first-order valence-corrected chi connectivity index (χ1v) is 4.06. The quantitative estimate of drug-likeness (QED) is 0.848. The number of methoxy groups -OCH3 is 1. The fourth-order valence-electron chi connectivity index (χ4n) is 1.04. The summed E-state index contributed by atoms with van der Waals surface area (Å²) >= 11 is 0. The molecule has 0 spiro atoms. The molecule has 0 atom stereocenters. The molecular formula is C8H6F5NO3. The molecule has 96 valence electrons. The van der Waals surface area contributed by atoms with Crippen molar-refractivity contribution in [3.8, 4) is 17.4 Å². The second-order valence-corrected chi connectivity index (χ2v) is 2.74. The lowest BCUT2D eigenvalue weighted by atomic mass is 10.2. The number of aromatic nitrogens is 1. The summed E-state index contributed by atoms with van der Waals surface area (Å²) in [4.78, 5) is 3.03. The summed E-state index contributed by atoms with van der Waals surface area (Å²) in [6, 6.07) is 0. The van der Waals surface area contributed by atoms with Crippen LogP contribution >= 0.6 is 0 Å². The lowest BCUT2D eigenvalue weighted by Gasteiger charge is -2.13. The van der Waals surface area contributed by atoms with Crippen LogP contribution in [0.2, 0.25) is 0 Å². The van der Waals surface area contributed by atoms with Crippen LogP contribution in [0.25, 0.3) is 0 Å². The number of halogens is 5. The van der Waals surface area contributed by atoms with Crippen molar-refractivity contribution in [3.05, 3.63) is 11.8 Å². The fraction of sp³-hybridized carbons (Fsp3) is 0.375. The number of pyridine rings is 1. The molecule has 0 unspecified atom stereocenters. The smallest absolute Gasteiger partial charge is 0.503 e. The molecular weight excluding hydrogens is 253 g/mol. The van der Waals surface area contributed by atoms with Gasteiger partial charge in [0.2, 0.25) is 0 Å². The SMILES string of the molecule is COc1cnc(OC(F)(F)F)c(O)c1C(F)F. The van der Waals surface area contributed by atoms with Crippen LogP contribution in [0.4, 0.5) is 22.0 Å². The van der Waals surface area contributed by atoms with E-state index in [1.54, 1.807) is 0 Å². The van der Waals surface area contributed by atoms with Crippen molar-refractivity contribution in [2.75, 3.05) is 7.11 Å². The Kier molecular flexibility index (Phi) is 3.59. The van der Waals surface area contributed by atoms with Crippen LogP contribution in [0.15, 0.2) is 6.20 Å². The molecule has 0 aliphatic carbocycles. The van der Waals surface area contributed by atoms with E-state index >= 15 is 0 Å². The third-order valence-electron chi connectivity index (χ3n) is 1.67. The Morgan fingerprint density at radius 1 is 1.35 bits per heavy atom. The van der Waals surface area contributed by atoms with Gasteiger partial charge in [-0.15, -0.1) is 13.2 Å². The Balaban J connectivity index is 3.23. The first-order chi connectivity index (χ1) is 7.76. The maximum absolute atomic E-state index is 12.5. The van der Waals surface area contributed by atoms with E-state index in [9.17, 15) is 27.1 Å². The Morgan fingerprint density at radius 3 is 2.35 bits per heavy atom. The van der Waals surface area contributed by atoms with Gasteiger partial charge in [0.1, 0.15) is 11.3 Å². The van der Waals surface area contributed by atoms with Gasteiger partial charge in [0.25, 0.3) is 12.3 Å². The van der Waals surface area contributed by atoms with Crippen LogP contribution in [0.5, 0.6) is 17.4 Å². The average molecular weight is 259 g/mol. The Labute approximate surface area is 91.6 Å². The van der Waals surface area contributed by atoms with Crippen LogP contribution in [0.1, 0.15) is 12.0 Å². The van der Waals surface area contributed by atoms with Gasteiger partial charge in [-0.2, -0.15) is 0 Å². The van der Waals surface area contributed by atoms with Crippen molar-refractivity contribution in [3.63, 3.8) is 0 Å². The molecule has 4 nitrogen and oxygen atoms in total. The number of aromatic hydroxyl groups is 1. The zero-order valence-electron chi connectivity index (χ0n) is 8.26. The third kappa shape index (κ3) is 3.08. The lowest BCUT2D eigenvalue weighted by Crippen LogP contribution is -2.18. The Bertz CT molecular complexity index is 407. The fourth-order valence-corrected chi connectivity index (χ4v) is 1.04. The summed E-state index contributed by atoms with van der Waals surface area (Å²) in [6.07, 6.45) is -7.77. The molecule has 0 aliphatic rings. The summed E-state index contributed by atoms with van der Waals surface area (Å²) in [5, 5.41) is 9.19. The predicted octanol–water partition coefficient (Wildman–Crippen LogP) is 2.63. The number of hydrogen-bond acceptors (Lipinski definition) is 4. The minimum Gasteiger partial charge on any atom is -0.503 e. The van der Waals surface area contributed by atoms with Gasteiger partial charge in [-0.25, -0.2) is 13.8 Å². The molecule has 1 aromatic heterocycles. The summed E-state index contributed by atoms with van der Waals surface area (Å²) in [7, 11) is 1.01. The molecule has 17 heavy (non-hydrogen) atoms. The lowest BCUT2D eigenvalue weighted by molar-refractivity contribution is -0.276. The molecule has 0 saturated carbocycles. The minimum absolute atomic E-state index is 0.535. The number of alkyl halides is 5. The van der Waals surface area contributed by atoms with E-state index in [2.05, 4.69) is 14.5 Å². The van der Waals surface area contributed by atoms with E-state index in [1.807, 2.05) is 0 Å². The van der Waals surface area contributed by atoms with Gasteiger partial charge in [-0.3, -0.25) is 0 Å². The summed E-state index contributed by atoms with van der Waals surface area (Å²) in [5.41, 5.74) is -1.11. The van der Waals surface area contributed by atoms with Crippen molar-refractivity contribution in [2.45, 2.75) is 12.8 Å². The van der Waals surface area contributed by atoms with Crippen molar-refractivity contribution >= 4 is 0 Å². The van der Waals surface area contributed by atoms with Gasteiger partial charge >= 0.3 is 6.36 Å². The van der Waals surface area contributed by atoms with Crippen LogP contribution < -0.4 is 9.47 Å². The zero-order valence-corrected chi connectivity index (χ0v) is 8.26. The molecule has 1 heterocycles. The van der Waals surface area contributed by atoms with Gasteiger partial charge in [0.15, 0.2) is 5.75 Å². The van der Waals surface area contributed by atoms with E-state index in [-0.39, 0.29) is 0 Å². The highest BCUT2D eigenvalue weighted by molar-refractivity contribution is 5.49. The zero-order chi connectivity index (χ0) is 13.2. The second kappa shape index (κ2) is 4.60. The maximum atomic E-state index is 12.5. The third-order valence-corrected chi connectivity index (χ3v) is 1.67. The molecule has 9 heteroatoms. The van der Waals surface area contributed by atoms with Gasteiger partial charge in [0, 0.05) is 0 Å². The monoisotopic (exact) mass is 259 g/mol. The molecule has 0 saturated heterocycles. The summed E-state index contributed by atoms with van der Waals surface area (Å²) < 4.78 is 68.2. The normalized spacial score (nSPS) is 11.7. The minimum atomic E-state index is -5.14. The van der Waals surface area contributed by atoms with Crippen LogP contribution in [-0.2, 0) is 0 Å². The van der Waals surface area contributed by atoms with E-state index in [4.69, 9.17) is 0 Å². The van der Waals surface area contributed by atoms with Crippen molar-refractivity contribution in [1.82, 2.24) is 4.98 Å². The number of hydrogen-bond donors (Lipinski definition) is 1. The van der Waals surface area contributed by atoms with Gasteiger partial charge in [0.05, 0.1) is 13.3 Å². The highest BCUT2D eigenvalue weighted by Gasteiger charge is 2.35. The number of rotatable bonds is 3. The topological polar surface area (TPSA) is 51.6 Å². The second-order valence-electron chi connectivity index (χ2n) is 2.74. The van der Waals surface area contributed by atoms with Crippen molar-refractivity contribution < 1.29 is 36.5 Å². The van der Waals surface area contributed by atoms with Gasteiger partial charge in [-0.1, -0.05) is 0 Å². The molecule has 0 radical (unpaired) electrons. The standard InChI is InChI=1S/C8H6F5NO3/c1-16-3-2-14-7(17-8(11,12)13)5(15)4(3)6(9)10/h2,6,15H,1H3. The molecule has 0 bridgehead atoms. The molecule has 0 aliphatic heterocycles. The summed E-state index contributed by atoms with van der Waals surface area (Å²) in [6.45, 7) is 0. The summed E-state index contributed by atoms with van der Waals surface area (Å²) in [5.74, 6) is -3.29. The first-order valence-electron chi connectivity index (χ1n) is 4.06. The molecule has 1 rings (SSSR count). The number of nitrogens with zero attached hydrogens (tertiary/aromatic N) is 1. The molecule has 1 aromatic rings. The van der Waals surface area contributed by atoms with E-state index in [0.29, 0.717) is 6.20 Å². The highest BCUT2D eigenvalue weighted by atomic mass is 19.4.